The molecule has 0 atom stereocenters. The normalized spacial score (nSPS) is 29.0. The van der Waals surface area contributed by atoms with E-state index in [1.807, 2.05) is 0 Å². The number of nitrogens with one attached hydrogen (secondary N) is 1. The van der Waals surface area contributed by atoms with E-state index < -0.39 is 0 Å². The quantitative estimate of drug-likeness (QED) is 0.605. The predicted molar refractivity (Wildman–Crippen MR) is 50.8 cm³/mol. The Bertz CT molecular complexity index is 134. The van der Waals surface area contributed by atoms with Gasteiger partial charge < -0.3 is 0 Å². The first-order valence-electron chi connectivity index (χ1n) is 4.87. The minimum atomic E-state index is -0.00229. The number of hydroxylamine groups is 1. The van der Waals surface area contributed by atoms with Crippen molar-refractivity contribution < 1.29 is 4.84 Å². The largest absolute Gasteiger partial charge is 0.295 e. The number of rotatable bonds is 0. The van der Waals surface area contributed by atoms with Crippen LogP contribution in [0.15, 0.2) is 0 Å². The zero-order chi connectivity index (χ0) is 9.24. The van der Waals surface area contributed by atoms with Crippen molar-refractivity contribution in [3.8, 4) is 0 Å². The van der Waals surface area contributed by atoms with E-state index in [1.54, 1.807) is 0 Å². The Hall–Kier alpha value is -0.0800. The third-order valence-electron chi connectivity index (χ3n) is 2.43. The van der Waals surface area contributed by atoms with E-state index in [-0.39, 0.29) is 11.1 Å². The van der Waals surface area contributed by atoms with Gasteiger partial charge >= 0.3 is 0 Å². The van der Waals surface area contributed by atoms with E-state index in [9.17, 15) is 0 Å². The van der Waals surface area contributed by atoms with E-state index in [2.05, 4.69) is 33.2 Å². The van der Waals surface area contributed by atoms with E-state index in [1.165, 1.54) is 19.3 Å². The molecule has 0 amide bonds. The van der Waals surface area contributed by atoms with Gasteiger partial charge in [-0.2, -0.15) is 5.48 Å². The minimum absolute atomic E-state index is 0.00229. The molecule has 1 aliphatic heterocycles. The summed E-state index contributed by atoms with van der Waals surface area (Å²) in [6.45, 7) is 8.66. The zero-order valence-corrected chi connectivity index (χ0v) is 8.74. The minimum Gasteiger partial charge on any atom is -0.295 e. The molecule has 1 aliphatic rings. The Kier molecular flexibility index (Phi) is 2.79. The van der Waals surface area contributed by atoms with Crippen LogP contribution >= 0.6 is 0 Å². The second kappa shape index (κ2) is 3.35. The SMILES string of the molecule is CC1(C)CCCCC(C)(C)ON1. The van der Waals surface area contributed by atoms with Crippen molar-refractivity contribution >= 4 is 0 Å². The van der Waals surface area contributed by atoms with Crippen LogP contribution in [0.4, 0.5) is 0 Å². The van der Waals surface area contributed by atoms with Gasteiger partial charge in [0.05, 0.1) is 5.60 Å². The average Bonchev–Trinajstić information content (AvgIpc) is 1.94. The van der Waals surface area contributed by atoms with Gasteiger partial charge in [-0.25, -0.2) is 0 Å². The molecule has 2 nitrogen and oxygen atoms in total. The van der Waals surface area contributed by atoms with E-state index in [4.69, 9.17) is 4.84 Å². The van der Waals surface area contributed by atoms with Crippen LogP contribution in [0.25, 0.3) is 0 Å². The van der Waals surface area contributed by atoms with Gasteiger partial charge in [-0.1, -0.05) is 12.8 Å². The monoisotopic (exact) mass is 171 g/mol. The molecular formula is C10H21NO. The molecule has 0 aromatic rings. The lowest BCUT2D eigenvalue weighted by Crippen LogP contribution is -2.46. The molecule has 12 heavy (non-hydrogen) atoms. The molecular weight excluding hydrogens is 150 g/mol. The summed E-state index contributed by atoms with van der Waals surface area (Å²) >= 11 is 0. The van der Waals surface area contributed by atoms with E-state index in [0.29, 0.717) is 0 Å². The summed E-state index contributed by atoms with van der Waals surface area (Å²) in [6.07, 6.45) is 4.92. The van der Waals surface area contributed by atoms with Crippen molar-refractivity contribution in [1.29, 1.82) is 0 Å². The van der Waals surface area contributed by atoms with Crippen LogP contribution in [0, 0.1) is 0 Å². The standard InChI is InChI=1S/C10H21NO/c1-9(2)7-5-6-8-10(3,4)12-11-9/h11H,5-8H2,1-4H3. The van der Waals surface area contributed by atoms with E-state index >= 15 is 0 Å². The topological polar surface area (TPSA) is 21.3 Å². The molecule has 1 saturated heterocycles. The molecule has 0 radical (unpaired) electrons. The molecule has 0 spiro atoms. The van der Waals surface area contributed by atoms with Crippen molar-refractivity contribution in [3.63, 3.8) is 0 Å². The first kappa shape index (κ1) is 10.0. The zero-order valence-electron chi connectivity index (χ0n) is 8.74. The van der Waals surface area contributed by atoms with Gasteiger partial charge in [-0.3, -0.25) is 4.84 Å². The van der Waals surface area contributed by atoms with Crippen LogP contribution in [0.2, 0.25) is 0 Å². The number of hydrogen-bond acceptors (Lipinski definition) is 2. The molecule has 1 N–H and O–H groups in total. The molecule has 72 valence electrons. The smallest absolute Gasteiger partial charge is 0.0841 e. The Balaban J connectivity index is 2.51. The lowest BCUT2D eigenvalue weighted by atomic mass is 9.93. The highest BCUT2D eigenvalue weighted by atomic mass is 16.7. The van der Waals surface area contributed by atoms with Crippen molar-refractivity contribution in [2.24, 2.45) is 0 Å². The highest BCUT2D eigenvalue weighted by molar-refractivity contribution is 4.78. The fourth-order valence-electron chi connectivity index (χ4n) is 1.50. The van der Waals surface area contributed by atoms with Gasteiger partial charge in [0.15, 0.2) is 0 Å². The average molecular weight is 171 g/mol. The first-order valence-corrected chi connectivity index (χ1v) is 4.87. The Morgan fingerprint density at radius 2 is 1.58 bits per heavy atom. The van der Waals surface area contributed by atoms with Crippen LogP contribution in [0.5, 0.6) is 0 Å². The van der Waals surface area contributed by atoms with Gasteiger partial charge in [0.25, 0.3) is 0 Å². The maximum Gasteiger partial charge on any atom is 0.0841 e. The second-order valence-corrected chi connectivity index (χ2v) is 5.05. The third-order valence-corrected chi connectivity index (χ3v) is 2.43. The maximum absolute atomic E-state index is 5.64. The fraction of sp³-hybridized carbons (Fsp3) is 1.00. The summed E-state index contributed by atoms with van der Waals surface area (Å²) < 4.78 is 0. The molecule has 1 rings (SSSR count). The molecule has 0 unspecified atom stereocenters. The van der Waals surface area contributed by atoms with Gasteiger partial charge in [-0.15, -0.1) is 0 Å². The fourth-order valence-corrected chi connectivity index (χ4v) is 1.50. The Morgan fingerprint density at radius 3 is 2.25 bits per heavy atom. The van der Waals surface area contributed by atoms with Crippen LogP contribution < -0.4 is 5.48 Å². The van der Waals surface area contributed by atoms with Crippen molar-refractivity contribution in [2.45, 2.75) is 64.5 Å². The lowest BCUT2D eigenvalue weighted by molar-refractivity contribution is -0.129. The number of hydrogen-bond donors (Lipinski definition) is 1. The predicted octanol–water partition coefficient (Wildman–Crippen LogP) is 2.64. The van der Waals surface area contributed by atoms with Crippen LogP contribution in [0.1, 0.15) is 53.4 Å². The van der Waals surface area contributed by atoms with Gasteiger partial charge in [0.1, 0.15) is 0 Å². The summed E-state index contributed by atoms with van der Waals surface area (Å²) in [7, 11) is 0. The summed E-state index contributed by atoms with van der Waals surface area (Å²) in [4.78, 5) is 5.64. The molecule has 0 bridgehead atoms. The third kappa shape index (κ3) is 3.11. The van der Waals surface area contributed by atoms with E-state index in [0.717, 1.165) is 6.42 Å². The molecule has 2 heteroatoms. The maximum atomic E-state index is 5.64. The van der Waals surface area contributed by atoms with Crippen LogP contribution in [-0.2, 0) is 4.84 Å². The van der Waals surface area contributed by atoms with Gasteiger partial charge in [0, 0.05) is 5.54 Å². The van der Waals surface area contributed by atoms with Gasteiger partial charge in [-0.05, 0) is 40.5 Å². The summed E-state index contributed by atoms with van der Waals surface area (Å²) in [6, 6.07) is 0. The summed E-state index contributed by atoms with van der Waals surface area (Å²) in [5, 5.41) is 0. The molecule has 0 aliphatic carbocycles. The van der Waals surface area contributed by atoms with Crippen molar-refractivity contribution in [2.75, 3.05) is 0 Å². The second-order valence-electron chi connectivity index (χ2n) is 5.05. The Morgan fingerprint density at radius 1 is 1.00 bits per heavy atom. The Labute approximate surface area is 75.6 Å². The highest BCUT2D eigenvalue weighted by Gasteiger charge is 2.26. The van der Waals surface area contributed by atoms with Crippen LogP contribution in [0.3, 0.4) is 0 Å². The highest BCUT2D eigenvalue weighted by Crippen LogP contribution is 2.24. The molecule has 1 heterocycles. The van der Waals surface area contributed by atoms with Crippen LogP contribution in [-0.4, -0.2) is 11.1 Å². The molecule has 0 aromatic carbocycles. The van der Waals surface area contributed by atoms with Gasteiger partial charge in [0.2, 0.25) is 0 Å². The van der Waals surface area contributed by atoms with Crippen molar-refractivity contribution in [3.05, 3.63) is 0 Å². The first-order chi connectivity index (χ1) is 5.41. The lowest BCUT2D eigenvalue weighted by Gasteiger charge is -2.35. The summed E-state index contributed by atoms with van der Waals surface area (Å²) in [5.41, 5.74) is 3.29. The molecule has 1 fully saturated rings. The molecule has 0 saturated carbocycles. The summed E-state index contributed by atoms with van der Waals surface area (Å²) in [5.74, 6) is 0. The van der Waals surface area contributed by atoms with Crippen molar-refractivity contribution in [1.82, 2.24) is 5.48 Å². The molecule has 0 aromatic heterocycles.